The first-order valence-corrected chi connectivity index (χ1v) is 13.8. The van der Waals surface area contributed by atoms with Crippen molar-refractivity contribution in [2.75, 3.05) is 24.7 Å². The molecule has 0 bridgehead atoms. The third-order valence-corrected chi connectivity index (χ3v) is 8.33. The Balaban J connectivity index is 1.41. The second-order valence-electron chi connectivity index (χ2n) is 10.7. The Morgan fingerprint density at radius 1 is 1.15 bits per heavy atom. The van der Waals surface area contributed by atoms with Crippen molar-refractivity contribution < 1.29 is 18.7 Å². The second-order valence-corrected chi connectivity index (χ2v) is 11.1. The van der Waals surface area contributed by atoms with Gasteiger partial charge in [0.05, 0.1) is 28.0 Å². The number of carbonyl (C=O) groups is 2. The molecule has 2 aromatic carbocycles. The highest BCUT2D eigenvalue weighted by Crippen LogP contribution is 2.40. The van der Waals surface area contributed by atoms with E-state index in [4.69, 9.17) is 27.8 Å². The van der Waals surface area contributed by atoms with E-state index in [1.54, 1.807) is 30.6 Å². The largest absolute Gasteiger partial charge is 0.398 e. The van der Waals surface area contributed by atoms with Gasteiger partial charge in [0, 0.05) is 38.0 Å². The third-order valence-electron chi connectivity index (χ3n) is 7.98. The Hall–Kier alpha value is -3.53. The summed E-state index contributed by atoms with van der Waals surface area (Å²) in [5, 5.41) is 3.05. The summed E-state index contributed by atoms with van der Waals surface area (Å²) >= 11 is 6.02. The lowest BCUT2D eigenvalue weighted by atomic mass is 9.79. The number of methoxy groups -OCH3 is 1. The van der Waals surface area contributed by atoms with Gasteiger partial charge in [0.15, 0.2) is 0 Å². The van der Waals surface area contributed by atoms with Crippen LogP contribution in [0.5, 0.6) is 0 Å². The van der Waals surface area contributed by atoms with E-state index in [0.717, 1.165) is 12.0 Å². The highest BCUT2D eigenvalue weighted by Gasteiger charge is 2.41. The zero-order valence-corrected chi connectivity index (χ0v) is 23.0. The second kappa shape index (κ2) is 11.5. The number of rotatable bonds is 9. The van der Waals surface area contributed by atoms with Gasteiger partial charge in [0.2, 0.25) is 5.91 Å². The monoisotopic (exact) mass is 565 g/mol. The Morgan fingerprint density at radius 2 is 1.90 bits per heavy atom. The Morgan fingerprint density at radius 3 is 2.58 bits per heavy atom. The minimum Gasteiger partial charge on any atom is -0.398 e. The first-order chi connectivity index (χ1) is 19.2. The van der Waals surface area contributed by atoms with Crippen LogP contribution in [0.4, 0.5) is 15.8 Å². The van der Waals surface area contributed by atoms with Crippen molar-refractivity contribution in [2.24, 2.45) is 11.7 Å². The minimum absolute atomic E-state index is 0.00167. The predicted octanol–water partition coefficient (Wildman–Crippen LogP) is 4.72. The summed E-state index contributed by atoms with van der Waals surface area (Å²) in [4.78, 5) is 32.5. The SMILES string of the molecule is CO[C@@H]1C[C@H](C(=O)Nc2cc(C(N)(CCC3CC3)c3ccncc3)ccc2F)N(C(=O)c2ccc(Cl)c(N)c2)C1. The molecule has 3 atom stereocenters. The van der Waals surface area contributed by atoms with Gasteiger partial charge in [0.25, 0.3) is 5.91 Å². The predicted molar refractivity (Wildman–Crippen MR) is 152 cm³/mol. The van der Waals surface area contributed by atoms with Crippen LogP contribution in [0.25, 0.3) is 0 Å². The van der Waals surface area contributed by atoms with Crippen molar-refractivity contribution in [1.29, 1.82) is 0 Å². The molecular weight excluding hydrogens is 533 g/mol. The van der Waals surface area contributed by atoms with Crippen LogP contribution in [-0.4, -0.2) is 47.5 Å². The van der Waals surface area contributed by atoms with Crippen molar-refractivity contribution in [1.82, 2.24) is 9.88 Å². The molecule has 2 fully saturated rings. The number of aromatic nitrogens is 1. The number of nitrogens with zero attached hydrogens (tertiary/aromatic N) is 2. The van der Waals surface area contributed by atoms with Gasteiger partial charge < -0.3 is 26.4 Å². The van der Waals surface area contributed by atoms with Crippen LogP contribution < -0.4 is 16.8 Å². The molecule has 0 radical (unpaired) electrons. The first-order valence-electron chi connectivity index (χ1n) is 13.4. The molecule has 1 aliphatic heterocycles. The summed E-state index contributed by atoms with van der Waals surface area (Å²) in [5.41, 5.74) is 14.1. The summed E-state index contributed by atoms with van der Waals surface area (Å²) in [6, 6.07) is 12.0. The van der Waals surface area contributed by atoms with Gasteiger partial charge in [-0.05, 0) is 72.4 Å². The molecule has 2 amide bonds. The van der Waals surface area contributed by atoms with E-state index in [0.29, 0.717) is 28.5 Å². The molecule has 1 saturated heterocycles. The van der Waals surface area contributed by atoms with Crippen molar-refractivity contribution in [3.63, 3.8) is 0 Å². The number of amides is 2. The average molecular weight is 566 g/mol. The molecule has 40 heavy (non-hydrogen) atoms. The van der Waals surface area contributed by atoms with E-state index in [-0.39, 0.29) is 30.4 Å². The topological polar surface area (TPSA) is 124 Å². The number of pyridine rings is 1. The van der Waals surface area contributed by atoms with Crippen molar-refractivity contribution in [3.05, 3.63) is 88.5 Å². The van der Waals surface area contributed by atoms with Gasteiger partial charge in [-0.2, -0.15) is 0 Å². The average Bonchev–Trinajstić information content (AvgIpc) is 3.70. The summed E-state index contributed by atoms with van der Waals surface area (Å²) in [5.74, 6) is -0.854. The van der Waals surface area contributed by atoms with Crippen LogP contribution in [0.3, 0.4) is 0 Å². The first kappa shape index (κ1) is 28.0. The van der Waals surface area contributed by atoms with Gasteiger partial charge in [-0.1, -0.05) is 30.5 Å². The van der Waals surface area contributed by atoms with E-state index in [1.807, 2.05) is 12.1 Å². The fraction of sp³-hybridized carbons (Fsp3) is 0.367. The standard InChI is InChI=1S/C30H33ClFN5O3/c1-40-22-16-27(37(17-22)29(39)19-4-6-23(31)25(33)14-19)28(38)36-26-15-21(5-7-24(26)32)30(34,11-8-18-2-3-18)20-9-12-35-13-10-20/h4-7,9-10,12-15,18,22,27H,2-3,8,11,16-17,33-34H2,1H3,(H,36,38)/t22-,27-,30?/m1/s1. The van der Waals surface area contributed by atoms with Crippen molar-refractivity contribution >= 4 is 34.8 Å². The fourth-order valence-corrected chi connectivity index (χ4v) is 5.46. The quantitative estimate of drug-likeness (QED) is 0.323. The molecule has 1 aromatic heterocycles. The molecule has 8 nitrogen and oxygen atoms in total. The maximum Gasteiger partial charge on any atom is 0.254 e. The maximum atomic E-state index is 15.1. The molecule has 0 spiro atoms. The zero-order chi connectivity index (χ0) is 28.4. The van der Waals surface area contributed by atoms with Gasteiger partial charge in [-0.15, -0.1) is 0 Å². The highest BCUT2D eigenvalue weighted by molar-refractivity contribution is 6.33. The number of ether oxygens (including phenoxy) is 1. The highest BCUT2D eigenvalue weighted by atomic mass is 35.5. The van der Waals surface area contributed by atoms with Gasteiger partial charge in [0.1, 0.15) is 11.9 Å². The van der Waals surface area contributed by atoms with E-state index in [2.05, 4.69) is 10.3 Å². The smallest absolute Gasteiger partial charge is 0.254 e. The van der Waals surface area contributed by atoms with Crippen LogP contribution in [0.15, 0.2) is 60.9 Å². The summed E-state index contributed by atoms with van der Waals surface area (Å²) in [6.45, 7) is 0.202. The lowest BCUT2D eigenvalue weighted by Gasteiger charge is -2.31. The number of anilines is 2. The number of benzene rings is 2. The lowest BCUT2D eigenvalue weighted by Crippen LogP contribution is -2.43. The molecule has 3 aromatic rings. The van der Waals surface area contributed by atoms with Gasteiger partial charge >= 0.3 is 0 Å². The Bertz CT molecular complexity index is 1400. The number of carbonyl (C=O) groups excluding carboxylic acids is 2. The number of hydrogen-bond donors (Lipinski definition) is 3. The summed E-state index contributed by atoms with van der Waals surface area (Å²) < 4.78 is 20.6. The van der Waals surface area contributed by atoms with Crippen LogP contribution in [0, 0.1) is 11.7 Å². The third kappa shape index (κ3) is 5.82. The molecule has 1 unspecified atom stereocenters. The van der Waals surface area contributed by atoms with Crippen LogP contribution in [0.2, 0.25) is 5.02 Å². The molecule has 2 aliphatic rings. The molecule has 1 saturated carbocycles. The molecule has 210 valence electrons. The molecule has 5 N–H and O–H groups in total. The normalized spacial score (nSPS) is 20.2. The van der Waals surface area contributed by atoms with Crippen molar-refractivity contribution in [2.45, 2.75) is 49.8 Å². The Kier molecular flexibility index (Phi) is 8.07. The Labute approximate surface area is 237 Å². The fourth-order valence-electron chi connectivity index (χ4n) is 5.34. The van der Waals surface area contributed by atoms with Crippen molar-refractivity contribution in [3.8, 4) is 0 Å². The van der Waals surface area contributed by atoms with Gasteiger partial charge in [-0.25, -0.2) is 4.39 Å². The zero-order valence-electron chi connectivity index (χ0n) is 22.3. The lowest BCUT2D eigenvalue weighted by molar-refractivity contribution is -0.119. The molecule has 2 heterocycles. The molecule has 1 aliphatic carbocycles. The number of halogens is 2. The van der Waals surface area contributed by atoms with Crippen LogP contribution in [-0.2, 0) is 15.1 Å². The van der Waals surface area contributed by atoms with E-state index >= 15 is 4.39 Å². The van der Waals surface area contributed by atoms with Crippen LogP contribution in [0.1, 0.15) is 53.6 Å². The number of likely N-dealkylation sites (tertiary alicyclic amines) is 1. The molecule has 5 rings (SSSR count). The summed E-state index contributed by atoms with van der Waals surface area (Å²) in [6.07, 6.45) is 7.29. The number of hydrogen-bond acceptors (Lipinski definition) is 6. The van der Waals surface area contributed by atoms with E-state index in [9.17, 15) is 9.59 Å². The van der Waals surface area contributed by atoms with E-state index in [1.165, 1.54) is 43.1 Å². The van der Waals surface area contributed by atoms with E-state index < -0.39 is 29.2 Å². The number of nitrogens with two attached hydrogens (primary N) is 2. The minimum atomic E-state index is -0.885. The number of nitrogens with one attached hydrogen (secondary N) is 1. The molecular formula is C30H33ClFN5O3. The van der Waals surface area contributed by atoms with Gasteiger partial charge in [-0.3, -0.25) is 14.6 Å². The summed E-state index contributed by atoms with van der Waals surface area (Å²) in [7, 11) is 1.53. The molecule has 10 heteroatoms. The number of nitrogen functional groups attached to an aromatic ring is 1. The van der Waals surface area contributed by atoms with Crippen LogP contribution >= 0.6 is 11.6 Å². The maximum absolute atomic E-state index is 15.1.